The smallest absolute Gasteiger partial charge is 0.274 e. The molecule has 2 fully saturated rings. The minimum atomic E-state index is -0.348. The zero-order valence-corrected chi connectivity index (χ0v) is 13.7. The SMILES string of the molecule is CN1CCC[C@@]2(CCN(C(=O)c3n[nH]c4c3CCCC4)C2)C1=O. The quantitative estimate of drug-likeness (QED) is 0.851. The molecule has 0 aromatic carbocycles. The fraction of sp³-hybridized carbons (Fsp3) is 0.706. The van der Waals surface area contributed by atoms with Crippen LogP contribution in [0, 0.1) is 5.41 Å². The Hall–Kier alpha value is -1.85. The number of fused-ring (bicyclic) bond motifs is 1. The third-order valence-electron chi connectivity index (χ3n) is 5.85. The maximum absolute atomic E-state index is 12.9. The highest BCUT2D eigenvalue weighted by molar-refractivity contribution is 5.95. The molecular weight excluding hydrogens is 292 g/mol. The zero-order chi connectivity index (χ0) is 16.0. The first-order valence-corrected chi connectivity index (χ1v) is 8.72. The number of aryl methyl sites for hydroxylation is 1. The van der Waals surface area contributed by atoms with Crippen LogP contribution in [0.25, 0.3) is 0 Å². The number of piperidine rings is 1. The molecule has 6 heteroatoms. The van der Waals surface area contributed by atoms with Gasteiger partial charge in [-0.1, -0.05) is 0 Å². The Labute approximate surface area is 136 Å². The number of carbonyl (C=O) groups excluding carboxylic acids is 2. The third kappa shape index (κ3) is 2.26. The Morgan fingerprint density at radius 3 is 2.87 bits per heavy atom. The molecule has 23 heavy (non-hydrogen) atoms. The lowest BCUT2D eigenvalue weighted by molar-refractivity contribution is -0.143. The van der Waals surface area contributed by atoms with E-state index < -0.39 is 0 Å². The van der Waals surface area contributed by atoms with Crippen LogP contribution in [0.15, 0.2) is 0 Å². The monoisotopic (exact) mass is 316 g/mol. The van der Waals surface area contributed by atoms with Crippen molar-refractivity contribution >= 4 is 11.8 Å². The molecule has 2 amide bonds. The molecule has 2 aliphatic heterocycles. The van der Waals surface area contributed by atoms with Crippen LogP contribution in [0.3, 0.4) is 0 Å². The van der Waals surface area contributed by atoms with E-state index in [1.807, 2.05) is 16.8 Å². The van der Waals surface area contributed by atoms with E-state index in [9.17, 15) is 9.59 Å². The van der Waals surface area contributed by atoms with E-state index in [0.717, 1.165) is 62.7 Å². The predicted molar refractivity (Wildman–Crippen MR) is 85.1 cm³/mol. The number of hydrogen-bond donors (Lipinski definition) is 1. The average Bonchev–Trinajstić information content (AvgIpc) is 3.17. The molecule has 1 atom stereocenters. The van der Waals surface area contributed by atoms with Crippen LogP contribution >= 0.6 is 0 Å². The standard InChI is InChI=1S/C17H24N4O2/c1-20-9-4-7-17(16(20)23)8-10-21(11-17)15(22)14-12-5-2-3-6-13(12)18-19-14/h2-11H2,1H3,(H,18,19)/t17-/m0/s1. The lowest BCUT2D eigenvalue weighted by Gasteiger charge is -2.37. The highest BCUT2D eigenvalue weighted by Crippen LogP contribution is 2.40. The first-order chi connectivity index (χ1) is 11.1. The number of aromatic amines is 1. The molecule has 0 saturated carbocycles. The number of aromatic nitrogens is 2. The second kappa shape index (κ2) is 5.35. The van der Waals surface area contributed by atoms with E-state index in [-0.39, 0.29) is 17.2 Å². The zero-order valence-electron chi connectivity index (χ0n) is 13.7. The van der Waals surface area contributed by atoms with Gasteiger partial charge in [0, 0.05) is 37.9 Å². The fourth-order valence-electron chi connectivity index (χ4n) is 4.50. The van der Waals surface area contributed by atoms with Crippen molar-refractivity contribution in [2.24, 2.45) is 5.41 Å². The van der Waals surface area contributed by atoms with E-state index in [1.54, 1.807) is 0 Å². The predicted octanol–water partition coefficient (Wildman–Crippen LogP) is 1.37. The summed E-state index contributed by atoms with van der Waals surface area (Å²) in [6.45, 7) is 2.05. The van der Waals surface area contributed by atoms with Crippen LogP contribution < -0.4 is 0 Å². The van der Waals surface area contributed by atoms with E-state index in [2.05, 4.69) is 10.2 Å². The lowest BCUT2D eigenvalue weighted by Crippen LogP contribution is -2.48. The van der Waals surface area contributed by atoms with Crippen molar-refractivity contribution < 1.29 is 9.59 Å². The first kappa shape index (κ1) is 14.7. The summed E-state index contributed by atoms with van der Waals surface area (Å²) in [5, 5.41) is 7.34. The number of hydrogen-bond acceptors (Lipinski definition) is 3. The maximum atomic E-state index is 12.9. The second-order valence-electron chi connectivity index (χ2n) is 7.32. The number of nitrogens with one attached hydrogen (secondary N) is 1. The normalized spacial score (nSPS) is 27.6. The summed E-state index contributed by atoms with van der Waals surface area (Å²) in [6.07, 6.45) is 6.93. The largest absolute Gasteiger partial charge is 0.345 e. The Morgan fingerprint density at radius 1 is 1.17 bits per heavy atom. The van der Waals surface area contributed by atoms with Gasteiger partial charge in [-0.15, -0.1) is 0 Å². The van der Waals surface area contributed by atoms with E-state index >= 15 is 0 Å². The van der Waals surface area contributed by atoms with Crippen LogP contribution in [0.2, 0.25) is 0 Å². The van der Waals surface area contributed by atoms with Gasteiger partial charge < -0.3 is 9.80 Å². The molecule has 1 aliphatic carbocycles. The summed E-state index contributed by atoms with van der Waals surface area (Å²) >= 11 is 0. The molecule has 3 aliphatic rings. The molecule has 124 valence electrons. The molecular formula is C17H24N4O2. The van der Waals surface area contributed by atoms with Gasteiger partial charge >= 0.3 is 0 Å². The topological polar surface area (TPSA) is 69.3 Å². The van der Waals surface area contributed by atoms with Crippen molar-refractivity contribution in [2.45, 2.75) is 44.9 Å². The molecule has 1 spiro atoms. The Bertz CT molecular complexity index is 653. The summed E-state index contributed by atoms with van der Waals surface area (Å²) in [4.78, 5) is 29.2. The van der Waals surface area contributed by atoms with E-state index in [0.29, 0.717) is 18.8 Å². The molecule has 3 heterocycles. The van der Waals surface area contributed by atoms with Crippen LogP contribution in [-0.4, -0.2) is 58.5 Å². The minimum Gasteiger partial charge on any atom is -0.345 e. The number of amides is 2. The van der Waals surface area contributed by atoms with Crippen molar-refractivity contribution in [3.05, 3.63) is 17.0 Å². The van der Waals surface area contributed by atoms with Gasteiger partial charge in [-0.05, 0) is 44.9 Å². The average molecular weight is 316 g/mol. The van der Waals surface area contributed by atoms with Crippen molar-refractivity contribution in [1.29, 1.82) is 0 Å². The van der Waals surface area contributed by atoms with Gasteiger partial charge in [0.2, 0.25) is 5.91 Å². The van der Waals surface area contributed by atoms with Crippen molar-refractivity contribution in [3.8, 4) is 0 Å². The molecule has 4 rings (SSSR count). The summed E-state index contributed by atoms with van der Waals surface area (Å²) in [6, 6.07) is 0. The van der Waals surface area contributed by atoms with E-state index in [1.165, 1.54) is 0 Å². The number of carbonyl (C=O) groups is 2. The van der Waals surface area contributed by atoms with Crippen LogP contribution in [0.4, 0.5) is 0 Å². The van der Waals surface area contributed by atoms with Gasteiger partial charge in [0.15, 0.2) is 5.69 Å². The van der Waals surface area contributed by atoms with Gasteiger partial charge in [-0.2, -0.15) is 5.10 Å². The molecule has 0 unspecified atom stereocenters. The number of likely N-dealkylation sites (tertiary alicyclic amines) is 2. The first-order valence-electron chi connectivity index (χ1n) is 8.72. The van der Waals surface area contributed by atoms with Crippen molar-refractivity contribution in [3.63, 3.8) is 0 Å². The van der Waals surface area contributed by atoms with Gasteiger partial charge in [0.05, 0.1) is 5.41 Å². The molecule has 1 N–H and O–H groups in total. The summed E-state index contributed by atoms with van der Waals surface area (Å²) in [7, 11) is 1.87. The van der Waals surface area contributed by atoms with E-state index in [4.69, 9.17) is 0 Å². The summed E-state index contributed by atoms with van der Waals surface area (Å²) in [5.74, 6) is 0.213. The second-order valence-corrected chi connectivity index (χ2v) is 7.32. The summed E-state index contributed by atoms with van der Waals surface area (Å²) < 4.78 is 0. The Balaban J connectivity index is 1.55. The molecule has 6 nitrogen and oxygen atoms in total. The molecule has 2 saturated heterocycles. The number of H-pyrrole nitrogens is 1. The summed E-state index contributed by atoms with van der Waals surface area (Å²) in [5.41, 5.74) is 2.48. The molecule has 1 aromatic heterocycles. The minimum absolute atomic E-state index is 0.00213. The van der Waals surface area contributed by atoms with Gasteiger partial charge in [0.1, 0.15) is 0 Å². The molecule has 0 radical (unpaired) electrons. The van der Waals surface area contributed by atoms with Crippen molar-refractivity contribution in [2.75, 3.05) is 26.7 Å². The highest BCUT2D eigenvalue weighted by Gasteiger charge is 2.49. The van der Waals surface area contributed by atoms with Crippen LogP contribution in [0.5, 0.6) is 0 Å². The third-order valence-corrected chi connectivity index (χ3v) is 5.85. The number of nitrogens with zero attached hydrogens (tertiary/aromatic N) is 3. The van der Waals surface area contributed by atoms with Gasteiger partial charge in [0.25, 0.3) is 5.91 Å². The van der Waals surface area contributed by atoms with Gasteiger partial charge in [-0.25, -0.2) is 0 Å². The fourth-order valence-corrected chi connectivity index (χ4v) is 4.50. The molecule has 1 aromatic rings. The molecule has 0 bridgehead atoms. The Kier molecular flexibility index (Phi) is 3.43. The van der Waals surface area contributed by atoms with Crippen LogP contribution in [0.1, 0.15) is 53.8 Å². The van der Waals surface area contributed by atoms with Crippen LogP contribution in [-0.2, 0) is 17.6 Å². The Morgan fingerprint density at radius 2 is 2.00 bits per heavy atom. The van der Waals surface area contributed by atoms with Gasteiger partial charge in [-0.3, -0.25) is 14.7 Å². The lowest BCUT2D eigenvalue weighted by atomic mass is 9.78. The number of rotatable bonds is 1. The maximum Gasteiger partial charge on any atom is 0.274 e. The highest BCUT2D eigenvalue weighted by atomic mass is 16.2. The van der Waals surface area contributed by atoms with Crippen molar-refractivity contribution in [1.82, 2.24) is 20.0 Å².